The van der Waals surface area contributed by atoms with E-state index in [1.807, 2.05) is 9.47 Å². The van der Waals surface area contributed by atoms with Gasteiger partial charge < -0.3 is 14.4 Å². The fraction of sp³-hybridized carbons (Fsp3) is 0.652. The van der Waals surface area contributed by atoms with Crippen molar-refractivity contribution in [1.82, 2.24) is 19.4 Å². The molecule has 2 aliphatic heterocycles. The molecule has 1 saturated carbocycles. The van der Waals surface area contributed by atoms with E-state index >= 15 is 0 Å². The number of amides is 1. The van der Waals surface area contributed by atoms with Gasteiger partial charge in [-0.15, -0.1) is 0 Å². The quantitative estimate of drug-likeness (QED) is 0.477. The van der Waals surface area contributed by atoms with Gasteiger partial charge in [0.2, 0.25) is 0 Å². The molecule has 174 valence electrons. The van der Waals surface area contributed by atoms with Crippen molar-refractivity contribution in [3.63, 3.8) is 0 Å². The first-order chi connectivity index (χ1) is 15.3. The first kappa shape index (κ1) is 22.4. The lowest BCUT2D eigenvalue weighted by Gasteiger charge is -2.36. The Hall–Kier alpha value is -1.36. The number of carbonyl (C=O) groups excluding carboxylic acids is 1. The minimum Gasteiger partial charge on any atom is -0.337 e. The van der Waals surface area contributed by atoms with E-state index in [0.717, 1.165) is 51.9 Å². The highest BCUT2D eigenvalue weighted by molar-refractivity contribution is 14.1. The van der Waals surface area contributed by atoms with Crippen molar-refractivity contribution in [3.8, 4) is 0 Å². The van der Waals surface area contributed by atoms with E-state index in [1.165, 1.54) is 25.0 Å². The smallest absolute Gasteiger partial charge is 0.337 e. The lowest BCUT2D eigenvalue weighted by Crippen LogP contribution is -2.46. The predicted octanol–water partition coefficient (Wildman–Crippen LogP) is 5.19. The minimum absolute atomic E-state index is 0.0251. The zero-order valence-corrected chi connectivity index (χ0v) is 20.2. The second kappa shape index (κ2) is 8.77. The van der Waals surface area contributed by atoms with E-state index in [0.29, 0.717) is 39.7 Å². The van der Waals surface area contributed by atoms with Gasteiger partial charge in [0.25, 0.3) is 5.91 Å². The van der Waals surface area contributed by atoms with Gasteiger partial charge in [0, 0.05) is 25.2 Å². The molecule has 3 fully saturated rings. The number of alkyl halides is 3. The Morgan fingerprint density at radius 2 is 1.72 bits per heavy atom. The number of nitrogens with zero attached hydrogens (tertiary/aromatic N) is 4. The van der Waals surface area contributed by atoms with Crippen LogP contribution in [-0.4, -0.2) is 63.7 Å². The van der Waals surface area contributed by atoms with Gasteiger partial charge in [-0.1, -0.05) is 6.08 Å². The molecule has 3 heterocycles. The SMILES string of the molecule is O=C(c1c(I)nc(C2=CC(C(F)(F)F)=CCC2)n1C1CC1)N1CCC(N2CCCC2)CC1. The van der Waals surface area contributed by atoms with Crippen LogP contribution in [-0.2, 0) is 0 Å². The van der Waals surface area contributed by atoms with Crippen molar-refractivity contribution in [3.05, 3.63) is 32.9 Å². The lowest BCUT2D eigenvalue weighted by molar-refractivity contribution is -0.0885. The monoisotopic (exact) mass is 560 g/mol. The molecule has 9 heteroatoms. The molecule has 2 aliphatic carbocycles. The van der Waals surface area contributed by atoms with Gasteiger partial charge in [0.15, 0.2) is 0 Å². The molecule has 2 saturated heterocycles. The predicted molar refractivity (Wildman–Crippen MR) is 124 cm³/mol. The van der Waals surface area contributed by atoms with E-state index in [9.17, 15) is 18.0 Å². The van der Waals surface area contributed by atoms with Crippen LogP contribution >= 0.6 is 22.6 Å². The maximum absolute atomic E-state index is 13.6. The average molecular weight is 560 g/mol. The van der Waals surface area contributed by atoms with Crippen LogP contribution in [0.4, 0.5) is 13.2 Å². The minimum atomic E-state index is -4.37. The summed E-state index contributed by atoms with van der Waals surface area (Å²) in [4.78, 5) is 22.7. The summed E-state index contributed by atoms with van der Waals surface area (Å²) in [6.45, 7) is 3.78. The Morgan fingerprint density at radius 1 is 1.03 bits per heavy atom. The van der Waals surface area contributed by atoms with Crippen molar-refractivity contribution < 1.29 is 18.0 Å². The molecule has 1 aromatic heterocycles. The number of hydrogen-bond donors (Lipinski definition) is 0. The summed E-state index contributed by atoms with van der Waals surface area (Å²) in [6.07, 6.45) is 5.31. The summed E-state index contributed by atoms with van der Waals surface area (Å²) >= 11 is 2.08. The maximum Gasteiger partial charge on any atom is 0.416 e. The number of hydrogen-bond acceptors (Lipinski definition) is 3. The molecule has 1 amide bonds. The Bertz CT molecular complexity index is 949. The van der Waals surface area contributed by atoms with E-state index < -0.39 is 11.7 Å². The molecule has 0 aromatic carbocycles. The van der Waals surface area contributed by atoms with Crippen LogP contribution in [0.5, 0.6) is 0 Å². The van der Waals surface area contributed by atoms with E-state index in [4.69, 9.17) is 0 Å². The van der Waals surface area contributed by atoms with Crippen LogP contribution in [0.15, 0.2) is 17.7 Å². The molecule has 0 unspecified atom stereocenters. The number of piperidine rings is 1. The number of imidazole rings is 1. The Kier molecular flexibility index (Phi) is 6.15. The molecular formula is C23H28F3IN4O. The molecule has 32 heavy (non-hydrogen) atoms. The van der Waals surface area contributed by atoms with Crippen LogP contribution in [0, 0.1) is 3.70 Å². The summed E-state index contributed by atoms with van der Waals surface area (Å²) in [5.41, 5.74) is 0.527. The van der Waals surface area contributed by atoms with E-state index in [1.54, 1.807) is 0 Å². The molecule has 4 aliphatic rings. The summed E-state index contributed by atoms with van der Waals surface area (Å²) in [5, 5.41) is 0. The maximum atomic E-state index is 13.6. The van der Waals surface area contributed by atoms with Crippen molar-refractivity contribution >= 4 is 34.1 Å². The topological polar surface area (TPSA) is 41.4 Å². The molecule has 5 rings (SSSR count). The van der Waals surface area contributed by atoms with Crippen LogP contribution in [0.3, 0.4) is 0 Å². The number of halogens is 4. The molecule has 0 atom stereocenters. The molecular weight excluding hydrogens is 532 g/mol. The highest BCUT2D eigenvalue weighted by Gasteiger charge is 2.38. The third kappa shape index (κ3) is 4.38. The van der Waals surface area contributed by atoms with E-state index in [-0.39, 0.29) is 11.9 Å². The Labute approximate surface area is 199 Å². The number of rotatable bonds is 4. The molecule has 0 radical (unpaired) electrons. The van der Waals surface area contributed by atoms with Crippen molar-refractivity contribution in [2.45, 2.75) is 69.6 Å². The summed E-state index contributed by atoms with van der Waals surface area (Å²) < 4.78 is 42.4. The third-order valence-electron chi connectivity index (χ3n) is 7.11. The van der Waals surface area contributed by atoms with Crippen molar-refractivity contribution in [2.24, 2.45) is 0 Å². The second-order valence-corrected chi connectivity index (χ2v) is 10.3. The van der Waals surface area contributed by atoms with E-state index in [2.05, 4.69) is 32.5 Å². The van der Waals surface area contributed by atoms with Crippen molar-refractivity contribution in [2.75, 3.05) is 26.2 Å². The molecule has 0 N–H and O–H groups in total. The van der Waals surface area contributed by atoms with Gasteiger partial charge in [-0.2, -0.15) is 13.2 Å². The first-order valence-electron chi connectivity index (χ1n) is 11.6. The third-order valence-corrected chi connectivity index (χ3v) is 7.87. The largest absolute Gasteiger partial charge is 0.416 e. The van der Waals surface area contributed by atoms with Gasteiger partial charge >= 0.3 is 6.18 Å². The van der Waals surface area contributed by atoms with Crippen molar-refractivity contribution in [1.29, 1.82) is 0 Å². The summed E-state index contributed by atoms with van der Waals surface area (Å²) in [6, 6.07) is 0.716. The van der Waals surface area contributed by atoms with Gasteiger partial charge in [-0.25, -0.2) is 4.98 Å². The normalized spacial score (nSPS) is 23.4. The fourth-order valence-corrected chi connectivity index (χ4v) is 6.00. The highest BCUT2D eigenvalue weighted by Crippen LogP contribution is 2.42. The standard InChI is InChI=1S/C23H28F3IN4O/c24-23(25,26)16-5-3-4-15(14-16)21-28-20(27)19(31(21)18-6-7-18)22(32)30-12-8-17(9-13-30)29-10-1-2-11-29/h5,14,17-18H,1-4,6-13H2. The number of likely N-dealkylation sites (tertiary alicyclic amines) is 2. The lowest BCUT2D eigenvalue weighted by atomic mass is 9.98. The van der Waals surface area contributed by atoms with Gasteiger partial charge in [0.05, 0.1) is 5.57 Å². The highest BCUT2D eigenvalue weighted by atomic mass is 127. The second-order valence-electron chi connectivity index (χ2n) is 9.31. The van der Waals surface area contributed by atoms with Crippen LogP contribution in [0.2, 0.25) is 0 Å². The number of aromatic nitrogens is 2. The van der Waals surface area contributed by atoms with Gasteiger partial charge in [-0.05, 0) is 98.7 Å². The fourth-order valence-electron chi connectivity index (χ4n) is 5.28. The van der Waals surface area contributed by atoms with Gasteiger partial charge in [0.1, 0.15) is 15.2 Å². The first-order valence-corrected chi connectivity index (χ1v) is 12.7. The van der Waals surface area contributed by atoms with Gasteiger partial charge in [-0.3, -0.25) is 4.79 Å². The number of carbonyl (C=O) groups is 1. The average Bonchev–Trinajstić information content (AvgIpc) is 3.34. The summed E-state index contributed by atoms with van der Waals surface area (Å²) in [5.74, 6) is 0.518. The zero-order chi connectivity index (χ0) is 22.5. The molecule has 0 bridgehead atoms. The molecule has 5 nitrogen and oxygen atoms in total. The Morgan fingerprint density at radius 3 is 2.34 bits per heavy atom. The van der Waals surface area contributed by atoms with Crippen LogP contribution < -0.4 is 0 Å². The zero-order valence-electron chi connectivity index (χ0n) is 18.0. The number of allylic oxidation sites excluding steroid dienone is 4. The molecule has 0 spiro atoms. The molecule has 1 aromatic rings. The van der Waals surface area contributed by atoms with Crippen LogP contribution in [0.1, 0.15) is 73.7 Å². The Balaban J connectivity index is 1.39. The summed E-state index contributed by atoms with van der Waals surface area (Å²) in [7, 11) is 0. The van der Waals surface area contributed by atoms with Crippen LogP contribution in [0.25, 0.3) is 5.57 Å².